The summed E-state index contributed by atoms with van der Waals surface area (Å²) in [5.74, 6) is 0.833. The van der Waals surface area contributed by atoms with Crippen molar-refractivity contribution >= 4 is 5.95 Å². The Morgan fingerprint density at radius 2 is 2.29 bits per heavy atom. The fourth-order valence-corrected chi connectivity index (χ4v) is 2.22. The lowest BCUT2D eigenvalue weighted by Gasteiger charge is -2.34. The third kappa shape index (κ3) is 3.38. The van der Waals surface area contributed by atoms with Crippen LogP contribution in [-0.2, 0) is 0 Å². The summed E-state index contributed by atoms with van der Waals surface area (Å²) in [6, 6.07) is 2.71. The van der Waals surface area contributed by atoms with Gasteiger partial charge in [-0.3, -0.25) is 0 Å². The molecule has 0 saturated carbocycles. The molecule has 5 nitrogen and oxygen atoms in total. The number of rotatable bonds is 4. The van der Waals surface area contributed by atoms with Gasteiger partial charge in [0.15, 0.2) is 0 Å². The molecular formula is C12H21N5. The highest BCUT2D eigenvalue weighted by atomic mass is 15.3. The molecule has 1 aliphatic rings. The van der Waals surface area contributed by atoms with Gasteiger partial charge in [-0.2, -0.15) is 0 Å². The Labute approximate surface area is 102 Å². The lowest BCUT2D eigenvalue weighted by atomic mass is 10.1. The minimum atomic E-state index is 0.372. The van der Waals surface area contributed by atoms with E-state index in [2.05, 4.69) is 27.1 Å². The Kier molecular flexibility index (Phi) is 4.28. The van der Waals surface area contributed by atoms with E-state index in [4.69, 9.17) is 5.73 Å². The summed E-state index contributed by atoms with van der Waals surface area (Å²) in [7, 11) is 0. The van der Waals surface area contributed by atoms with Crippen molar-refractivity contribution in [1.82, 2.24) is 15.3 Å². The summed E-state index contributed by atoms with van der Waals surface area (Å²) in [6.07, 6.45) is 5.96. The average molecular weight is 235 g/mol. The third-order valence-corrected chi connectivity index (χ3v) is 3.13. The van der Waals surface area contributed by atoms with Gasteiger partial charge < -0.3 is 16.0 Å². The van der Waals surface area contributed by atoms with Crippen LogP contribution in [0.4, 0.5) is 5.95 Å². The summed E-state index contributed by atoms with van der Waals surface area (Å²) >= 11 is 0. The topological polar surface area (TPSA) is 67.1 Å². The standard InChI is InChI=1S/C12H21N5/c1-10(8-13)16-11-4-2-7-17(9-11)12-14-5-3-6-15-12/h3,5-6,10-11,16H,2,4,7-9,13H2,1H3. The van der Waals surface area contributed by atoms with Gasteiger partial charge in [0.25, 0.3) is 0 Å². The van der Waals surface area contributed by atoms with Crippen LogP contribution in [-0.4, -0.2) is 41.7 Å². The van der Waals surface area contributed by atoms with Crippen molar-refractivity contribution in [1.29, 1.82) is 0 Å². The maximum Gasteiger partial charge on any atom is 0.225 e. The summed E-state index contributed by atoms with van der Waals surface area (Å²) in [4.78, 5) is 10.8. The highest BCUT2D eigenvalue weighted by Crippen LogP contribution is 2.15. The lowest BCUT2D eigenvalue weighted by molar-refractivity contribution is 0.384. The summed E-state index contributed by atoms with van der Waals surface area (Å²) in [6.45, 7) is 4.81. The molecule has 0 aliphatic carbocycles. The fourth-order valence-electron chi connectivity index (χ4n) is 2.22. The van der Waals surface area contributed by atoms with Crippen LogP contribution in [0.15, 0.2) is 18.5 Å². The van der Waals surface area contributed by atoms with Crippen molar-refractivity contribution in [3.05, 3.63) is 18.5 Å². The van der Waals surface area contributed by atoms with E-state index in [0.717, 1.165) is 19.0 Å². The Morgan fingerprint density at radius 3 is 3.00 bits per heavy atom. The number of nitrogens with zero attached hydrogens (tertiary/aromatic N) is 3. The lowest BCUT2D eigenvalue weighted by Crippen LogP contribution is -2.50. The van der Waals surface area contributed by atoms with E-state index in [9.17, 15) is 0 Å². The van der Waals surface area contributed by atoms with Crippen molar-refractivity contribution in [3.63, 3.8) is 0 Å². The highest BCUT2D eigenvalue weighted by Gasteiger charge is 2.22. The predicted molar refractivity (Wildman–Crippen MR) is 68.9 cm³/mol. The van der Waals surface area contributed by atoms with E-state index in [0.29, 0.717) is 18.6 Å². The quantitative estimate of drug-likeness (QED) is 0.790. The molecule has 0 amide bonds. The number of hydrogen-bond acceptors (Lipinski definition) is 5. The van der Waals surface area contributed by atoms with Gasteiger partial charge in [-0.25, -0.2) is 9.97 Å². The maximum atomic E-state index is 5.63. The van der Waals surface area contributed by atoms with Crippen molar-refractivity contribution in [2.24, 2.45) is 5.73 Å². The van der Waals surface area contributed by atoms with Gasteiger partial charge in [-0.1, -0.05) is 0 Å². The van der Waals surface area contributed by atoms with Crippen molar-refractivity contribution in [2.75, 3.05) is 24.5 Å². The Hall–Kier alpha value is -1.20. The fraction of sp³-hybridized carbons (Fsp3) is 0.667. The minimum Gasteiger partial charge on any atom is -0.339 e. The molecule has 1 aromatic heterocycles. The molecule has 17 heavy (non-hydrogen) atoms. The number of piperidine rings is 1. The van der Waals surface area contributed by atoms with Crippen LogP contribution in [0.5, 0.6) is 0 Å². The highest BCUT2D eigenvalue weighted by molar-refractivity contribution is 5.29. The molecule has 1 aliphatic heterocycles. The van der Waals surface area contributed by atoms with Crippen LogP contribution in [0, 0.1) is 0 Å². The zero-order valence-electron chi connectivity index (χ0n) is 10.3. The second kappa shape index (κ2) is 5.93. The van der Waals surface area contributed by atoms with E-state index < -0.39 is 0 Å². The van der Waals surface area contributed by atoms with Crippen molar-refractivity contribution < 1.29 is 0 Å². The van der Waals surface area contributed by atoms with Gasteiger partial charge in [0.2, 0.25) is 5.95 Å². The second-order valence-corrected chi connectivity index (χ2v) is 4.64. The van der Waals surface area contributed by atoms with Gasteiger partial charge in [0, 0.05) is 44.1 Å². The van der Waals surface area contributed by atoms with Crippen LogP contribution < -0.4 is 16.0 Å². The van der Waals surface area contributed by atoms with Crippen LogP contribution in [0.1, 0.15) is 19.8 Å². The molecule has 3 N–H and O–H groups in total. The zero-order chi connectivity index (χ0) is 12.1. The molecule has 2 rings (SSSR count). The molecule has 2 unspecified atom stereocenters. The van der Waals surface area contributed by atoms with Crippen LogP contribution in [0.3, 0.4) is 0 Å². The maximum absolute atomic E-state index is 5.63. The van der Waals surface area contributed by atoms with E-state index in [-0.39, 0.29) is 0 Å². The van der Waals surface area contributed by atoms with Gasteiger partial charge in [-0.05, 0) is 25.8 Å². The molecule has 0 radical (unpaired) electrons. The Bertz CT molecular complexity index is 329. The normalized spacial score (nSPS) is 22.5. The van der Waals surface area contributed by atoms with Gasteiger partial charge in [-0.15, -0.1) is 0 Å². The molecule has 1 saturated heterocycles. The first-order valence-corrected chi connectivity index (χ1v) is 6.27. The SMILES string of the molecule is CC(CN)NC1CCCN(c2ncccn2)C1. The molecule has 0 bridgehead atoms. The first kappa shape index (κ1) is 12.3. The third-order valence-electron chi connectivity index (χ3n) is 3.13. The average Bonchev–Trinajstić information content (AvgIpc) is 2.40. The van der Waals surface area contributed by atoms with Gasteiger partial charge in [0.05, 0.1) is 0 Å². The molecule has 5 heteroatoms. The molecule has 1 aromatic rings. The number of nitrogens with one attached hydrogen (secondary N) is 1. The monoisotopic (exact) mass is 235 g/mol. The molecule has 2 heterocycles. The zero-order valence-corrected chi connectivity index (χ0v) is 10.3. The van der Waals surface area contributed by atoms with Gasteiger partial charge in [0.1, 0.15) is 0 Å². The van der Waals surface area contributed by atoms with Crippen molar-refractivity contribution in [3.8, 4) is 0 Å². The number of anilines is 1. The first-order valence-electron chi connectivity index (χ1n) is 6.27. The molecule has 1 fully saturated rings. The Morgan fingerprint density at radius 1 is 1.53 bits per heavy atom. The Balaban J connectivity index is 1.93. The minimum absolute atomic E-state index is 0.372. The van der Waals surface area contributed by atoms with Crippen LogP contribution in [0.2, 0.25) is 0 Å². The molecule has 0 spiro atoms. The van der Waals surface area contributed by atoms with Gasteiger partial charge >= 0.3 is 0 Å². The molecular weight excluding hydrogens is 214 g/mol. The summed E-state index contributed by atoms with van der Waals surface area (Å²) in [5.41, 5.74) is 5.63. The number of nitrogens with two attached hydrogens (primary N) is 1. The van der Waals surface area contributed by atoms with E-state index in [1.807, 2.05) is 6.07 Å². The van der Waals surface area contributed by atoms with Crippen molar-refractivity contribution in [2.45, 2.75) is 31.8 Å². The summed E-state index contributed by atoms with van der Waals surface area (Å²) in [5, 5.41) is 3.55. The number of hydrogen-bond donors (Lipinski definition) is 2. The van der Waals surface area contributed by atoms with E-state index in [1.165, 1.54) is 12.8 Å². The predicted octanol–water partition coefficient (Wildman–Crippen LogP) is 0.382. The van der Waals surface area contributed by atoms with Crippen LogP contribution >= 0.6 is 0 Å². The first-order chi connectivity index (χ1) is 8.29. The molecule has 2 atom stereocenters. The smallest absolute Gasteiger partial charge is 0.225 e. The number of aromatic nitrogens is 2. The van der Waals surface area contributed by atoms with Crippen LogP contribution in [0.25, 0.3) is 0 Å². The van der Waals surface area contributed by atoms with E-state index in [1.54, 1.807) is 12.4 Å². The molecule has 0 aromatic carbocycles. The molecule has 94 valence electrons. The summed E-state index contributed by atoms with van der Waals surface area (Å²) < 4.78 is 0. The van der Waals surface area contributed by atoms with E-state index >= 15 is 0 Å². The largest absolute Gasteiger partial charge is 0.339 e. The second-order valence-electron chi connectivity index (χ2n) is 4.64.